The van der Waals surface area contributed by atoms with Gasteiger partial charge in [0, 0.05) is 6.04 Å². The van der Waals surface area contributed by atoms with Gasteiger partial charge in [0.05, 0.1) is 6.61 Å². The average Bonchev–Trinajstić information content (AvgIpc) is 2.03. The van der Waals surface area contributed by atoms with Crippen molar-refractivity contribution in [2.24, 2.45) is 5.73 Å². The Balaban J connectivity index is 3.20. The molecule has 0 bridgehead atoms. The Hall–Kier alpha value is -0.860. The monoisotopic (exact) mass is 165 g/mol. The van der Waals surface area contributed by atoms with Crippen molar-refractivity contribution in [3.8, 4) is 0 Å². The third-order valence-corrected chi connectivity index (χ3v) is 2.04. The number of hydrogen-bond acceptors (Lipinski definition) is 2. The molecule has 0 unspecified atom stereocenters. The molecule has 1 atom stereocenters. The molecule has 0 saturated carbocycles. The van der Waals surface area contributed by atoms with Crippen molar-refractivity contribution in [2.45, 2.75) is 26.5 Å². The summed E-state index contributed by atoms with van der Waals surface area (Å²) in [6.45, 7) is 4.01. The van der Waals surface area contributed by atoms with E-state index in [-0.39, 0.29) is 12.6 Å². The zero-order chi connectivity index (χ0) is 9.14. The van der Waals surface area contributed by atoms with Gasteiger partial charge in [0.25, 0.3) is 0 Å². The van der Waals surface area contributed by atoms with Crippen molar-refractivity contribution >= 4 is 0 Å². The van der Waals surface area contributed by atoms with Crippen LogP contribution in [0.1, 0.15) is 29.7 Å². The largest absolute Gasteiger partial charge is 0.392 e. The standard InChI is InChI=1S/C10H15NO/c1-7-4-3-5-9(6-12)10(7)8(2)11/h3-5,8,12H,6,11H2,1-2H3/t8-/m1/s1. The van der Waals surface area contributed by atoms with Gasteiger partial charge in [-0.15, -0.1) is 0 Å². The summed E-state index contributed by atoms with van der Waals surface area (Å²) in [6.07, 6.45) is 0. The Kier molecular flexibility index (Phi) is 2.84. The molecule has 0 aliphatic carbocycles. The van der Waals surface area contributed by atoms with Crippen molar-refractivity contribution in [1.82, 2.24) is 0 Å². The highest BCUT2D eigenvalue weighted by molar-refractivity contribution is 5.36. The molecule has 0 aliphatic heterocycles. The molecular formula is C10H15NO. The molecule has 2 heteroatoms. The van der Waals surface area contributed by atoms with E-state index in [4.69, 9.17) is 10.8 Å². The number of aliphatic hydroxyl groups is 1. The lowest BCUT2D eigenvalue weighted by atomic mass is 9.97. The van der Waals surface area contributed by atoms with Crippen LogP contribution in [0.3, 0.4) is 0 Å². The van der Waals surface area contributed by atoms with Gasteiger partial charge in [-0.1, -0.05) is 18.2 Å². The summed E-state index contributed by atoms with van der Waals surface area (Å²) >= 11 is 0. The van der Waals surface area contributed by atoms with Crippen LogP contribution in [0.25, 0.3) is 0 Å². The lowest BCUT2D eigenvalue weighted by molar-refractivity contribution is 0.280. The molecule has 0 saturated heterocycles. The second-order valence-corrected chi connectivity index (χ2v) is 3.09. The van der Waals surface area contributed by atoms with Crippen LogP contribution in [0.5, 0.6) is 0 Å². The van der Waals surface area contributed by atoms with Gasteiger partial charge in [0.15, 0.2) is 0 Å². The van der Waals surface area contributed by atoms with E-state index < -0.39 is 0 Å². The van der Waals surface area contributed by atoms with E-state index in [2.05, 4.69) is 0 Å². The number of benzene rings is 1. The maximum absolute atomic E-state index is 9.04. The Bertz CT molecular complexity index is 269. The van der Waals surface area contributed by atoms with Gasteiger partial charge in [-0.05, 0) is 30.5 Å². The van der Waals surface area contributed by atoms with Crippen LogP contribution >= 0.6 is 0 Å². The van der Waals surface area contributed by atoms with E-state index in [1.807, 2.05) is 32.0 Å². The van der Waals surface area contributed by atoms with Gasteiger partial charge in [0.2, 0.25) is 0 Å². The van der Waals surface area contributed by atoms with E-state index in [1.54, 1.807) is 0 Å². The maximum atomic E-state index is 9.04. The zero-order valence-corrected chi connectivity index (χ0v) is 7.54. The molecule has 2 nitrogen and oxygen atoms in total. The number of aliphatic hydroxyl groups excluding tert-OH is 1. The van der Waals surface area contributed by atoms with Crippen molar-refractivity contribution < 1.29 is 5.11 Å². The molecular weight excluding hydrogens is 150 g/mol. The third kappa shape index (κ3) is 1.65. The van der Waals surface area contributed by atoms with E-state index in [0.29, 0.717) is 0 Å². The van der Waals surface area contributed by atoms with Crippen molar-refractivity contribution in [2.75, 3.05) is 0 Å². The van der Waals surface area contributed by atoms with Gasteiger partial charge < -0.3 is 10.8 Å². The average molecular weight is 165 g/mol. The lowest BCUT2D eigenvalue weighted by Gasteiger charge is -2.13. The van der Waals surface area contributed by atoms with Crippen molar-refractivity contribution in [3.63, 3.8) is 0 Å². The SMILES string of the molecule is Cc1cccc(CO)c1[C@@H](C)N. The molecule has 12 heavy (non-hydrogen) atoms. The summed E-state index contributed by atoms with van der Waals surface area (Å²) in [5, 5.41) is 9.04. The summed E-state index contributed by atoms with van der Waals surface area (Å²) < 4.78 is 0. The van der Waals surface area contributed by atoms with Crippen LogP contribution < -0.4 is 5.73 Å². The first-order valence-electron chi connectivity index (χ1n) is 4.11. The Morgan fingerprint density at radius 3 is 2.58 bits per heavy atom. The second kappa shape index (κ2) is 3.70. The van der Waals surface area contributed by atoms with E-state index in [9.17, 15) is 0 Å². The van der Waals surface area contributed by atoms with Crippen LogP contribution in [-0.4, -0.2) is 5.11 Å². The lowest BCUT2D eigenvalue weighted by Crippen LogP contribution is -2.10. The van der Waals surface area contributed by atoms with Crippen LogP contribution in [0, 0.1) is 6.92 Å². The minimum atomic E-state index is -0.00616. The fraction of sp³-hybridized carbons (Fsp3) is 0.400. The molecule has 1 aromatic rings. The number of aryl methyl sites for hydroxylation is 1. The Labute approximate surface area is 73.0 Å². The first-order chi connectivity index (χ1) is 5.66. The first kappa shape index (κ1) is 9.23. The Morgan fingerprint density at radius 2 is 2.17 bits per heavy atom. The topological polar surface area (TPSA) is 46.2 Å². The molecule has 0 aliphatic rings. The molecule has 0 amide bonds. The quantitative estimate of drug-likeness (QED) is 0.697. The first-order valence-corrected chi connectivity index (χ1v) is 4.11. The highest BCUT2D eigenvalue weighted by Crippen LogP contribution is 2.19. The van der Waals surface area contributed by atoms with Gasteiger partial charge in [-0.2, -0.15) is 0 Å². The predicted octanol–water partition coefficient (Wildman–Crippen LogP) is 1.51. The molecule has 0 spiro atoms. The van der Waals surface area contributed by atoms with Crippen molar-refractivity contribution in [3.05, 3.63) is 34.9 Å². The van der Waals surface area contributed by atoms with E-state index in [0.717, 1.165) is 16.7 Å². The van der Waals surface area contributed by atoms with Gasteiger partial charge >= 0.3 is 0 Å². The fourth-order valence-electron chi connectivity index (χ4n) is 1.53. The van der Waals surface area contributed by atoms with Crippen LogP contribution in [-0.2, 0) is 6.61 Å². The van der Waals surface area contributed by atoms with Gasteiger partial charge in [0.1, 0.15) is 0 Å². The second-order valence-electron chi connectivity index (χ2n) is 3.09. The van der Waals surface area contributed by atoms with Crippen LogP contribution in [0.4, 0.5) is 0 Å². The normalized spacial score (nSPS) is 13.0. The molecule has 0 aromatic heterocycles. The molecule has 66 valence electrons. The Morgan fingerprint density at radius 1 is 1.50 bits per heavy atom. The summed E-state index contributed by atoms with van der Waals surface area (Å²) in [5.74, 6) is 0. The molecule has 0 heterocycles. The minimum Gasteiger partial charge on any atom is -0.392 e. The van der Waals surface area contributed by atoms with Gasteiger partial charge in [-0.25, -0.2) is 0 Å². The predicted molar refractivity (Wildman–Crippen MR) is 49.7 cm³/mol. The highest BCUT2D eigenvalue weighted by Gasteiger charge is 2.07. The third-order valence-electron chi connectivity index (χ3n) is 2.04. The van der Waals surface area contributed by atoms with Crippen molar-refractivity contribution in [1.29, 1.82) is 0 Å². The van der Waals surface area contributed by atoms with E-state index >= 15 is 0 Å². The van der Waals surface area contributed by atoms with Crippen LogP contribution in [0.2, 0.25) is 0 Å². The zero-order valence-electron chi connectivity index (χ0n) is 7.54. The molecule has 0 radical (unpaired) electrons. The smallest absolute Gasteiger partial charge is 0.0685 e. The highest BCUT2D eigenvalue weighted by atomic mass is 16.3. The summed E-state index contributed by atoms with van der Waals surface area (Å²) in [7, 11) is 0. The van der Waals surface area contributed by atoms with Crippen LogP contribution in [0.15, 0.2) is 18.2 Å². The molecule has 0 fully saturated rings. The minimum absolute atomic E-state index is 0.00616. The molecule has 3 N–H and O–H groups in total. The fourth-order valence-corrected chi connectivity index (χ4v) is 1.53. The van der Waals surface area contributed by atoms with E-state index in [1.165, 1.54) is 0 Å². The van der Waals surface area contributed by atoms with Gasteiger partial charge in [-0.3, -0.25) is 0 Å². The summed E-state index contributed by atoms with van der Waals surface area (Å²) in [6, 6.07) is 5.85. The maximum Gasteiger partial charge on any atom is 0.0685 e. The molecule has 1 rings (SSSR count). The number of hydrogen-bond donors (Lipinski definition) is 2. The summed E-state index contributed by atoms with van der Waals surface area (Å²) in [4.78, 5) is 0. The molecule has 1 aromatic carbocycles. The number of nitrogens with two attached hydrogens (primary N) is 1. The number of rotatable bonds is 2. The summed E-state index contributed by atoms with van der Waals surface area (Å²) in [5.41, 5.74) is 8.93.